The molecule has 84 valence electrons. The summed E-state index contributed by atoms with van der Waals surface area (Å²) in [5.41, 5.74) is 4.34. The zero-order valence-corrected chi connectivity index (χ0v) is 8.81. The third kappa shape index (κ3) is 1.45. The predicted molar refractivity (Wildman–Crippen MR) is 60.3 cm³/mol. The first-order valence-corrected chi connectivity index (χ1v) is 5.45. The van der Waals surface area contributed by atoms with Gasteiger partial charge in [0.15, 0.2) is 0 Å². The monoisotopic (exact) mass is 218 g/mol. The highest BCUT2D eigenvalue weighted by Gasteiger charge is 2.40. The van der Waals surface area contributed by atoms with Crippen LogP contribution in [-0.4, -0.2) is 25.3 Å². The summed E-state index contributed by atoms with van der Waals surface area (Å²) in [5.74, 6) is 0.101. The van der Waals surface area contributed by atoms with Crippen molar-refractivity contribution in [2.45, 2.75) is 6.17 Å². The minimum Gasteiger partial charge on any atom is -0.343 e. The van der Waals surface area contributed by atoms with Gasteiger partial charge in [-0.15, -0.1) is 0 Å². The summed E-state index contributed by atoms with van der Waals surface area (Å²) in [4.78, 5) is 11.6. The van der Waals surface area contributed by atoms with Crippen molar-refractivity contribution in [3.05, 3.63) is 30.3 Å². The highest BCUT2D eigenvalue weighted by Crippen LogP contribution is 2.23. The van der Waals surface area contributed by atoms with Crippen LogP contribution in [0.4, 0.5) is 5.69 Å². The second-order valence-corrected chi connectivity index (χ2v) is 4.04. The summed E-state index contributed by atoms with van der Waals surface area (Å²) in [5, 5.41) is 8.13. The zero-order chi connectivity index (χ0) is 11.0. The number of benzene rings is 1. The molecule has 2 aliphatic rings. The Bertz CT molecular complexity index is 394. The standard InChI is InChI=1S/C11H14N4O/c16-11-9-6-14-15(10(9)12-7-13-11)8-4-2-1-3-5-8/h1-5,9-10,12,14H,6-7H2,(H,13,16). The molecule has 2 aliphatic heterocycles. The van der Waals surface area contributed by atoms with Crippen molar-refractivity contribution in [1.29, 1.82) is 0 Å². The van der Waals surface area contributed by atoms with E-state index < -0.39 is 0 Å². The molecule has 2 unspecified atom stereocenters. The molecule has 0 bridgehead atoms. The minimum absolute atomic E-state index is 0.0195. The fourth-order valence-corrected chi connectivity index (χ4v) is 2.27. The van der Waals surface area contributed by atoms with Crippen molar-refractivity contribution in [2.75, 3.05) is 18.2 Å². The van der Waals surface area contributed by atoms with Crippen molar-refractivity contribution in [2.24, 2.45) is 5.92 Å². The number of hydrazine groups is 1. The van der Waals surface area contributed by atoms with Crippen LogP contribution >= 0.6 is 0 Å². The Morgan fingerprint density at radius 1 is 1.25 bits per heavy atom. The van der Waals surface area contributed by atoms with Gasteiger partial charge in [0.1, 0.15) is 6.17 Å². The van der Waals surface area contributed by atoms with Crippen LogP contribution < -0.4 is 21.1 Å². The van der Waals surface area contributed by atoms with Crippen molar-refractivity contribution in [3.8, 4) is 0 Å². The molecule has 0 aromatic heterocycles. The summed E-state index contributed by atoms with van der Waals surface area (Å²) >= 11 is 0. The van der Waals surface area contributed by atoms with Gasteiger partial charge in [-0.2, -0.15) is 0 Å². The summed E-state index contributed by atoms with van der Waals surface area (Å²) in [7, 11) is 0. The Morgan fingerprint density at radius 2 is 2.06 bits per heavy atom. The maximum Gasteiger partial charge on any atom is 0.228 e. The average Bonchev–Trinajstić information content (AvgIpc) is 2.75. The molecule has 5 nitrogen and oxygen atoms in total. The Balaban J connectivity index is 1.86. The third-order valence-corrected chi connectivity index (χ3v) is 3.09. The lowest BCUT2D eigenvalue weighted by Gasteiger charge is -2.32. The quantitative estimate of drug-likeness (QED) is 0.602. The van der Waals surface area contributed by atoms with Gasteiger partial charge in [-0.3, -0.25) is 15.1 Å². The number of carbonyl (C=O) groups excluding carboxylic acids is 1. The number of para-hydroxylation sites is 1. The van der Waals surface area contributed by atoms with Gasteiger partial charge in [-0.05, 0) is 12.1 Å². The lowest BCUT2D eigenvalue weighted by atomic mass is 10.1. The molecule has 3 N–H and O–H groups in total. The number of nitrogens with zero attached hydrogens (tertiary/aromatic N) is 1. The van der Waals surface area contributed by atoms with Crippen LogP contribution in [0.25, 0.3) is 0 Å². The van der Waals surface area contributed by atoms with Crippen LogP contribution in [0.3, 0.4) is 0 Å². The van der Waals surface area contributed by atoms with Gasteiger partial charge in [-0.1, -0.05) is 18.2 Å². The van der Waals surface area contributed by atoms with E-state index >= 15 is 0 Å². The number of rotatable bonds is 1. The van der Waals surface area contributed by atoms with Crippen molar-refractivity contribution >= 4 is 11.6 Å². The van der Waals surface area contributed by atoms with Gasteiger partial charge in [0.25, 0.3) is 0 Å². The molecule has 1 aromatic rings. The normalized spacial score (nSPS) is 28.8. The number of hydrogen-bond donors (Lipinski definition) is 3. The summed E-state index contributed by atoms with van der Waals surface area (Å²) in [6.45, 7) is 1.21. The first kappa shape index (κ1) is 9.62. The molecule has 0 saturated carbocycles. The highest BCUT2D eigenvalue weighted by atomic mass is 16.2. The Labute approximate surface area is 93.8 Å². The molecule has 2 saturated heterocycles. The zero-order valence-electron chi connectivity index (χ0n) is 8.81. The topological polar surface area (TPSA) is 56.4 Å². The molecular weight excluding hydrogens is 204 g/mol. The average molecular weight is 218 g/mol. The van der Waals surface area contributed by atoms with Crippen LogP contribution in [0.15, 0.2) is 30.3 Å². The smallest absolute Gasteiger partial charge is 0.228 e. The molecule has 0 radical (unpaired) electrons. The molecule has 1 amide bonds. The Morgan fingerprint density at radius 3 is 2.88 bits per heavy atom. The largest absolute Gasteiger partial charge is 0.343 e. The fraction of sp³-hybridized carbons (Fsp3) is 0.364. The first-order valence-electron chi connectivity index (χ1n) is 5.45. The SMILES string of the molecule is O=C1NCNC2C1CNN2c1ccccc1. The van der Waals surface area contributed by atoms with Gasteiger partial charge in [-0.25, -0.2) is 5.43 Å². The summed E-state index contributed by atoms with van der Waals surface area (Å²) in [6.07, 6.45) is 0.0520. The van der Waals surface area contributed by atoms with Crippen LogP contribution in [0.1, 0.15) is 0 Å². The first-order chi connectivity index (χ1) is 7.86. The molecule has 3 rings (SSSR count). The lowest BCUT2D eigenvalue weighted by Crippen LogP contribution is -2.58. The molecule has 16 heavy (non-hydrogen) atoms. The van der Waals surface area contributed by atoms with E-state index in [9.17, 15) is 4.79 Å². The molecule has 2 fully saturated rings. The molecular formula is C11H14N4O. The number of hydrogen-bond acceptors (Lipinski definition) is 4. The van der Waals surface area contributed by atoms with Gasteiger partial charge >= 0.3 is 0 Å². The second kappa shape index (κ2) is 3.77. The van der Waals surface area contributed by atoms with Gasteiger partial charge in [0, 0.05) is 6.54 Å². The Kier molecular flexibility index (Phi) is 2.27. The summed E-state index contributed by atoms with van der Waals surface area (Å²) in [6, 6.07) is 10.0. The summed E-state index contributed by atoms with van der Waals surface area (Å²) < 4.78 is 0. The van der Waals surface area contributed by atoms with Gasteiger partial charge < -0.3 is 5.32 Å². The number of carbonyl (C=O) groups is 1. The maximum atomic E-state index is 11.6. The van der Waals surface area contributed by atoms with E-state index in [4.69, 9.17) is 0 Å². The van der Waals surface area contributed by atoms with Crippen LogP contribution in [0.5, 0.6) is 0 Å². The van der Waals surface area contributed by atoms with Gasteiger partial charge in [0.2, 0.25) is 5.91 Å². The molecule has 2 heterocycles. The predicted octanol–water partition coefficient (Wildman–Crippen LogP) is -0.370. The molecule has 1 aromatic carbocycles. The van der Waals surface area contributed by atoms with Crippen molar-refractivity contribution in [1.82, 2.24) is 16.1 Å². The van der Waals surface area contributed by atoms with E-state index in [1.165, 1.54) is 0 Å². The number of nitrogens with one attached hydrogen (secondary N) is 3. The van der Waals surface area contributed by atoms with Crippen LogP contribution in [0.2, 0.25) is 0 Å². The van der Waals surface area contributed by atoms with E-state index in [1.54, 1.807) is 0 Å². The van der Waals surface area contributed by atoms with Crippen LogP contribution in [0, 0.1) is 5.92 Å². The van der Waals surface area contributed by atoms with E-state index in [2.05, 4.69) is 16.1 Å². The molecule has 0 aliphatic carbocycles. The highest BCUT2D eigenvalue weighted by molar-refractivity contribution is 5.81. The van der Waals surface area contributed by atoms with Gasteiger partial charge in [0.05, 0.1) is 18.3 Å². The number of amides is 1. The van der Waals surface area contributed by atoms with Crippen molar-refractivity contribution < 1.29 is 4.79 Å². The third-order valence-electron chi connectivity index (χ3n) is 3.09. The minimum atomic E-state index is -0.0195. The maximum absolute atomic E-state index is 11.6. The lowest BCUT2D eigenvalue weighted by molar-refractivity contribution is -0.126. The number of fused-ring (bicyclic) bond motifs is 1. The van der Waals surface area contributed by atoms with E-state index in [-0.39, 0.29) is 18.0 Å². The molecule has 0 spiro atoms. The second-order valence-electron chi connectivity index (χ2n) is 4.04. The van der Waals surface area contributed by atoms with E-state index in [0.717, 1.165) is 5.69 Å². The van der Waals surface area contributed by atoms with E-state index in [0.29, 0.717) is 13.2 Å². The fourth-order valence-electron chi connectivity index (χ4n) is 2.27. The van der Waals surface area contributed by atoms with Crippen LogP contribution in [-0.2, 0) is 4.79 Å². The Hall–Kier alpha value is -1.59. The van der Waals surface area contributed by atoms with E-state index in [1.807, 2.05) is 35.3 Å². The molecule has 2 atom stereocenters. The molecule has 5 heteroatoms. The number of anilines is 1. The van der Waals surface area contributed by atoms with Crippen molar-refractivity contribution in [3.63, 3.8) is 0 Å².